The van der Waals surface area contributed by atoms with Crippen LogP contribution in [-0.4, -0.2) is 37.2 Å². The Labute approximate surface area is 358 Å². The molecule has 0 fully saturated rings. The van der Waals surface area contributed by atoms with Crippen molar-refractivity contribution in [3.05, 3.63) is 48.6 Å². The van der Waals surface area contributed by atoms with E-state index in [9.17, 15) is 14.4 Å². The standard InChI is InChI=1S/C52H92O6/c1-4-7-10-13-16-19-21-23-25-27-28-30-33-36-39-42-45-51(54)57-48-49(47-56-50(53)44-41-38-35-32-18-15-12-9-6-3)58-52(55)46-43-40-37-34-31-29-26-24-22-20-17-14-11-8-5-2/h7,10,16,19-20,22-23,25,49H,4-6,8-9,11-15,17-18,21,24,26-48H2,1-3H3/b10-7-,19-16-,22-20-,25-23-. The summed E-state index contributed by atoms with van der Waals surface area (Å²) in [5.41, 5.74) is 0. The molecule has 0 aromatic heterocycles. The van der Waals surface area contributed by atoms with Crippen LogP contribution in [0.1, 0.15) is 245 Å². The minimum absolute atomic E-state index is 0.0775. The van der Waals surface area contributed by atoms with Gasteiger partial charge in [-0.2, -0.15) is 0 Å². The summed E-state index contributed by atoms with van der Waals surface area (Å²) in [4.78, 5) is 37.8. The number of hydrogen-bond acceptors (Lipinski definition) is 6. The van der Waals surface area contributed by atoms with Gasteiger partial charge >= 0.3 is 17.9 Å². The van der Waals surface area contributed by atoms with E-state index in [0.717, 1.165) is 83.5 Å². The zero-order valence-corrected chi connectivity index (χ0v) is 38.3. The van der Waals surface area contributed by atoms with E-state index >= 15 is 0 Å². The fraction of sp³-hybridized carbons (Fsp3) is 0.788. The van der Waals surface area contributed by atoms with E-state index in [1.165, 1.54) is 122 Å². The van der Waals surface area contributed by atoms with Gasteiger partial charge in [-0.3, -0.25) is 14.4 Å². The number of rotatable bonds is 44. The summed E-state index contributed by atoms with van der Waals surface area (Å²) in [5.74, 6) is -0.894. The molecule has 6 nitrogen and oxygen atoms in total. The predicted molar refractivity (Wildman–Crippen MR) is 247 cm³/mol. The van der Waals surface area contributed by atoms with E-state index in [4.69, 9.17) is 14.2 Å². The fourth-order valence-electron chi connectivity index (χ4n) is 6.86. The van der Waals surface area contributed by atoms with Crippen molar-refractivity contribution in [3.8, 4) is 0 Å². The van der Waals surface area contributed by atoms with Gasteiger partial charge in [0.2, 0.25) is 0 Å². The molecule has 0 aromatic rings. The second kappa shape index (κ2) is 47.1. The maximum Gasteiger partial charge on any atom is 0.306 e. The van der Waals surface area contributed by atoms with Crippen LogP contribution in [0.2, 0.25) is 0 Å². The van der Waals surface area contributed by atoms with Gasteiger partial charge in [-0.05, 0) is 77.0 Å². The molecule has 58 heavy (non-hydrogen) atoms. The first-order valence-corrected chi connectivity index (χ1v) is 24.6. The van der Waals surface area contributed by atoms with Crippen molar-refractivity contribution in [1.82, 2.24) is 0 Å². The predicted octanol–water partition coefficient (Wildman–Crippen LogP) is 15.9. The number of unbranched alkanes of at least 4 members (excludes halogenated alkanes) is 25. The van der Waals surface area contributed by atoms with Crippen molar-refractivity contribution in [2.75, 3.05) is 13.2 Å². The van der Waals surface area contributed by atoms with E-state index < -0.39 is 6.10 Å². The largest absolute Gasteiger partial charge is 0.462 e. The zero-order valence-electron chi connectivity index (χ0n) is 38.3. The summed E-state index contributed by atoms with van der Waals surface area (Å²) in [6, 6.07) is 0. The molecule has 0 amide bonds. The molecular formula is C52H92O6. The molecule has 0 aliphatic carbocycles. The van der Waals surface area contributed by atoms with Gasteiger partial charge in [0.1, 0.15) is 13.2 Å². The van der Waals surface area contributed by atoms with Crippen LogP contribution < -0.4 is 0 Å². The molecular weight excluding hydrogens is 721 g/mol. The van der Waals surface area contributed by atoms with Crippen LogP contribution in [-0.2, 0) is 28.6 Å². The monoisotopic (exact) mass is 813 g/mol. The Hall–Kier alpha value is -2.63. The van der Waals surface area contributed by atoms with Crippen LogP contribution >= 0.6 is 0 Å². The third-order valence-corrected chi connectivity index (χ3v) is 10.6. The van der Waals surface area contributed by atoms with Crippen molar-refractivity contribution in [3.63, 3.8) is 0 Å². The molecule has 0 heterocycles. The second-order valence-electron chi connectivity index (χ2n) is 16.3. The molecule has 0 saturated heterocycles. The van der Waals surface area contributed by atoms with E-state index in [0.29, 0.717) is 19.3 Å². The lowest BCUT2D eigenvalue weighted by Crippen LogP contribution is -2.30. The number of hydrogen-bond donors (Lipinski definition) is 0. The van der Waals surface area contributed by atoms with Crippen molar-refractivity contribution >= 4 is 17.9 Å². The maximum atomic E-state index is 12.8. The van der Waals surface area contributed by atoms with Crippen molar-refractivity contribution in [1.29, 1.82) is 0 Å². The normalized spacial score (nSPS) is 12.4. The molecule has 1 atom stereocenters. The lowest BCUT2D eigenvalue weighted by Gasteiger charge is -2.18. The van der Waals surface area contributed by atoms with Crippen molar-refractivity contribution in [2.45, 2.75) is 252 Å². The minimum Gasteiger partial charge on any atom is -0.462 e. The Morgan fingerprint density at radius 3 is 1.09 bits per heavy atom. The highest BCUT2D eigenvalue weighted by atomic mass is 16.6. The average Bonchev–Trinajstić information content (AvgIpc) is 3.22. The van der Waals surface area contributed by atoms with Crippen LogP contribution in [0, 0.1) is 0 Å². The van der Waals surface area contributed by atoms with Gasteiger partial charge in [-0.15, -0.1) is 0 Å². The van der Waals surface area contributed by atoms with Gasteiger partial charge in [0.15, 0.2) is 6.10 Å². The molecule has 0 rings (SSSR count). The molecule has 336 valence electrons. The first-order chi connectivity index (χ1) is 28.5. The molecule has 0 spiro atoms. The summed E-state index contributed by atoms with van der Waals surface area (Å²) in [5, 5.41) is 0. The van der Waals surface area contributed by atoms with Crippen LogP contribution in [0.5, 0.6) is 0 Å². The highest BCUT2D eigenvalue weighted by molar-refractivity contribution is 5.71. The van der Waals surface area contributed by atoms with Gasteiger partial charge in [0.05, 0.1) is 0 Å². The number of carbonyl (C=O) groups excluding carboxylic acids is 3. The third kappa shape index (κ3) is 44.5. The van der Waals surface area contributed by atoms with Crippen LogP contribution in [0.25, 0.3) is 0 Å². The summed E-state index contributed by atoms with van der Waals surface area (Å²) in [6.07, 6.45) is 55.2. The van der Waals surface area contributed by atoms with Gasteiger partial charge in [0, 0.05) is 19.3 Å². The van der Waals surface area contributed by atoms with Crippen molar-refractivity contribution < 1.29 is 28.6 Å². The average molecular weight is 813 g/mol. The Bertz CT molecular complexity index is 1030. The number of ether oxygens (including phenoxy) is 3. The molecule has 0 bridgehead atoms. The number of carbonyl (C=O) groups is 3. The molecule has 1 unspecified atom stereocenters. The summed E-state index contributed by atoms with van der Waals surface area (Å²) >= 11 is 0. The molecule has 0 saturated carbocycles. The van der Waals surface area contributed by atoms with Gasteiger partial charge in [0.25, 0.3) is 0 Å². The number of allylic oxidation sites excluding steroid dienone is 8. The Morgan fingerprint density at radius 1 is 0.362 bits per heavy atom. The van der Waals surface area contributed by atoms with Crippen LogP contribution in [0.3, 0.4) is 0 Å². The molecule has 0 aliphatic heterocycles. The highest BCUT2D eigenvalue weighted by Crippen LogP contribution is 2.14. The first kappa shape index (κ1) is 55.4. The molecule has 0 radical (unpaired) electrons. The third-order valence-electron chi connectivity index (χ3n) is 10.6. The second-order valence-corrected chi connectivity index (χ2v) is 16.3. The van der Waals surface area contributed by atoms with E-state index in [-0.39, 0.29) is 31.1 Å². The van der Waals surface area contributed by atoms with Gasteiger partial charge in [-0.25, -0.2) is 0 Å². The van der Waals surface area contributed by atoms with E-state index in [2.05, 4.69) is 69.4 Å². The number of esters is 3. The zero-order chi connectivity index (χ0) is 42.3. The van der Waals surface area contributed by atoms with Gasteiger partial charge < -0.3 is 14.2 Å². The minimum atomic E-state index is -0.776. The Morgan fingerprint density at radius 2 is 0.672 bits per heavy atom. The topological polar surface area (TPSA) is 78.9 Å². The summed E-state index contributed by atoms with van der Waals surface area (Å²) in [7, 11) is 0. The Kier molecular flexibility index (Phi) is 44.9. The van der Waals surface area contributed by atoms with Crippen molar-refractivity contribution in [2.24, 2.45) is 0 Å². The van der Waals surface area contributed by atoms with Crippen LogP contribution in [0.4, 0.5) is 0 Å². The lowest BCUT2D eigenvalue weighted by molar-refractivity contribution is -0.167. The lowest BCUT2D eigenvalue weighted by atomic mass is 10.1. The fourth-order valence-corrected chi connectivity index (χ4v) is 6.86. The quantitative estimate of drug-likeness (QED) is 0.0264. The molecule has 0 aliphatic rings. The smallest absolute Gasteiger partial charge is 0.306 e. The maximum absolute atomic E-state index is 12.8. The molecule has 6 heteroatoms. The summed E-state index contributed by atoms with van der Waals surface area (Å²) in [6.45, 7) is 6.48. The van der Waals surface area contributed by atoms with E-state index in [1.54, 1.807) is 0 Å². The van der Waals surface area contributed by atoms with E-state index in [1.807, 2.05) is 0 Å². The molecule has 0 aromatic carbocycles. The summed E-state index contributed by atoms with van der Waals surface area (Å²) < 4.78 is 16.7. The van der Waals surface area contributed by atoms with Crippen LogP contribution in [0.15, 0.2) is 48.6 Å². The molecule has 0 N–H and O–H groups in total. The SMILES string of the molecule is CC/C=C\C/C=C\C/C=C\CCCCCCCCC(=O)OCC(COC(=O)CCCCCCCCCCC)OC(=O)CCCCCCCCC/C=C\CCCCCC. The first-order valence-electron chi connectivity index (χ1n) is 24.6. The highest BCUT2D eigenvalue weighted by Gasteiger charge is 2.19. The Balaban J connectivity index is 4.35. The van der Waals surface area contributed by atoms with Gasteiger partial charge in [-0.1, -0.05) is 198 Å².